The summed E-state index contributed by atoms with van der Waals surface area (Å²) >= 11 is 6.20. The summed E-state index contributed by atoms with van der Waals surface area (Å²) in [6.07, 6.45) is 5.36. The highest BCUT2D eigenvalue weighted by molar-refractivity contribution is 6.30. The predicted molar refractivity (Wildman–Crippen MR) is 86.6 cm³/mol. The van der Waals surface area contributed by atoms with E-state index < -0.39 is 0 Å². The van der Waals surface area contributed by atoms with Crippen LogP contribution < -0.4 is 10.2 Å². The number of rotatable bonds is 2. The molecule has 2 nitrogen and oxygen atoms in total. The van der Waals surface area contributed by atoms with Crippen LogP contribution in [-0.4, -0.2) is 24.7 Å². The number of hydrogen-bond acceptors (Lipinski definition) is 2. The van der Waals surface area contributed by atoms with Crippen LogP contribution in [0.5, 0.6) is 0 Å². The fourth-order valence-electron chi connectivity index (χ4n) is 3.85. The van der Waals surface area contributed by atoms with Crippen molar-refractivity contribution in [2.75, 3.05) is 18.0 Å². The van der Waals surface area contributed by atoms with Crippen LogP contribution in [0.4, 0.5) is 5.69 Å². The van der Waals surface area contributed by atoms with E-state index in [1.165, 1.54) is 31.4 Å². The van der Waals surface area contributed by atoms with Crippen LogP contribution in [0.2, 0.25) is 5.02 Å². The molecule has 20 heavy (non-hydrogen) atoms. The highest BCUT2D eigenvalue weighted by Gasteiger charge is 2.41. The van der Waals surface area contributed by atoms with Crippen LogP contribution in [0.15, 0.2) is 24.3 Å². The van der Waals surface area contributed by atoms with Gasteiger partial charge in [0.1, 0.15) is 0 Å². The maximum absolute atomic E-state index is 6.20. The maximum Gasteiger partial charge on any atom is 0.0438 e. The summed E-state index contributed by atoms with van der Waals surface area (Å²) in [7, 11) is 0. The lowest BCUT2D eigenvalue weighted by Crippen LogP contribution is -2.64. The second-order valence-electron chi connectivity index (χ2n) is 6.79. The molecule has 1 aliphatic heterocycles. The van der Waals surface area contributed by atoms with Gasteiger partial charge >= 0.3 is 0 Å². The Morgan fingerprint density at radius 1 is 1.30 bits per heavy atom. The second-order valence-corrected chi connectivity index (χ2v) is 7.22. The van der Waals surface area contributed by atoms with Gasteiger partial charge in [0.2, 0.25) is 0 Å². The van der Waals surface area contributed by atoms with Crippen LogP contribution >= 0.6 is 11.6 Å². The van der Waals surface area contributed by atoms with Gasteiger partial charge in [-0.3, -0.25) is 0 Å². The number of piperazine rings is 1. The molecule has 1 aliphatic carbocycles. The van der Waals surface area contributed by atoms with Crippen LogP contribution in [0, 0.1) is 5.92 Å². The van der Waals surface area contributed by atoms with Gasteiger partial charge in [0.25, 0.3) is 0 Å². The Bertz CT molecular complexity index is 466. The quantitative estimate of drug-likeness (QED) is 0.883. The summed E-state index contributed by atoms with van der Waals surface area (Å²) < 4.78 is 0. The summed E-state index contributed by atoms with van der Waals surface area (Å²) in [6, 6.07) is 8.90. The summed E-state index contributed by atoms with van der Waals surface area (Å²) in [6.45, 7) is 6.84. The molecule has 1 aromatic carbocycles. The fraction of sp³-hybridized carbons (Fsp3) is 0.647. The average molecular weight is 293 g/mol. The summed E-state index contributed by atoms with van der Waals surface area (Å²) in [5.74, 6) is 0.639. The molecule has 0 aromatic heterocycles. The third-order valence-corrected chi connectivity index (χ3v) is 5.26. The Morgan fingerprint density at radius 3 is 2.70 bits per heavy atom. The summed E-state index contributed by atoms with van der Waals surface area (Å²) in [4.78, 5) is 2.60. The van der Waals surface area contributed by atoms with Crippen molar-refractivity contribution in [2.45, 2.75) is 51.1 Å². The van der Waals surface area contributed by atoms with Gasteiger partial charge in [-0.1, -0.05) is 44.4 Å². The molecule has 1 saturated heterocycles. The van der Waals surface area contributed by atoms with Crippen LogP contribution in [0.25, 0.3) is 0 Å². The Balaban J connectivity index is 1.89. The largest absolute Gasteiger partial charge is 0.365 e. The molecule has 3 rings (SSSR count). The van der Waals surface area contributed by atoms with E-state index in [4.69, 9.17) is 11.6 Å². The first-order valence-corrected chi connectivity index (χ1v) is 8.25. The van der Waals surface area contributed by atoms with E-state index in [0.29, 0.717) is 17.5 Å². The molecule has 1 heterocycles. The molecule has 0 bridgehead atoms. The van der Waals surface area contributed by atoms with Crippen molar-refractivity contribution in [2.24, 2.45) is 5.92 Å². The van der Waals surface area contributed by atoms with Crippen molar-refractivity contribution in [3.8, 4) is 0 Å². The van der Waals surface area contributed by atoms with Crippen molar-refractivity contribution in [3.05, 3.63) is 29.3 Å². The Kier molecular flexibility index (Phi) is 3.96. The molecule has 110 valence electrons. The highest BCUT2D eigenvalue weighted by Crippen LogP contribution is 2.36. The van der Waals surface area contributed by atoms with Gasteiger partial charge in [-0.2, -0.15) is 0 Å². The summed E-state index contributed by atoms with van der Waals surface area (Å²) in [5, 5.41) is 4.70. The van der Waals surface area contributed by atoms with Gasteiger partial charge in [0.15, 0.2) is 0 Å². The minimum atomic E-state index is 0.341. The second kappa shape index (κ2) is 5.57. The smallest absolute Gasteiger partial charge is 0.0438 e. The minimum Gasteiger partial charge on any atom is -0.365 e. The number of halogens is 1. The standard InChI is InChI=1S/C17H25ClN2/c1-13(2)16-11-19-17(8-3-4-9-17)12-20(16)15-7-5-6-14(18)10-15/h5-7,10,13,16,19H,3-4,8-9,11-12H2,1-2H3. The normalized spacial score (nSPS) is 25.6. The molecule has 3 heteroatoms. The SMILES string of the molecule is CC(C)C1CNC2(CCCC2)CN1c1cccc(Cl)c1. The number of anilines is 1. The van der Waals surface area contributed by atoms with Crippen LogP contribution in [0.3, 0.4) is 0 Å². The third-order valence-electron chi connectivity index (χ3n) is 5.03. The molecule has 1 aromatic rings. The fourth-order valence-corrected chi connectivity index (χ4v) is 4.03. The topological polar surface area (TPSA) is 15.3 Å². The van der Waals surface area contributed by atoms with E-state index in [1.54, 1.807) is 0 Å². The maximum atomic E-state index is 6.20. The van der Waals surface area contributed by atoms with E-state index in [2.05, 4.69) is 42.3 Å². The van der Waals surface area contributed by atoms with Gasteiger partial charge in [-0.05, 0) is 37.0 Å². The lowest BCUT2D eigenvalue weighted by molar-refractivity contribution is 0.245. The van der Waals surface area contributed by atoms with Gasteiger partial charge in [0, 0.05) is 35.4 Å². The van der Waals surface area contributed by atoms with Gasteiger partial charge in [-0.25, -0.2) is 0 Å². The highest BCUT2D eigenvalue weighted by atomic mass is 35.5. The molecular weight excluding hydrogens is 268 g/mol. The summed E-state index contributed by atoms with van der Waals surface area (Å²) in [5.41, 5.74) is 1.62. The Morgan fingerprint density at radius 2 is 2.05 bits per heavy atom. The Hall–Kier alpha value is -0.730. The molecule has 1 atom stereocenters. The molecule has 1 saturated carbocycles. The molecule has 2 fully saturated rings. The molecule has 1 unspecified atom stereocenters. The van der Waals surface area contributed by atoms with Gasteiger partial charge in [-0.15, -0.1) is 0 Å². The van der Waals surface area contributed by atoms with E-state index in [0.717, 1.165) is 18.1 Å². The Labute approximate surface area is 127 Å². The van der Waals surface area contributed by atoms with Gasteiger partial charge in [0.05, 0.1) is 0 Å². The van der Waals surface area contributed by atoms with Gasteiger partial charge < -0.3 is 10.2 Å². The molecule has 1 N–H and O–H groups in total. The zero-order valence-electron chi connectivity index (χ0n) is 12.5. The molecule has 1 spiro atoms. The number of hydrogen-bond donors (Lipinski definition) is 1. The minimum absolute atomic E-state index is 0.341. The van der Waals surface area contributed by atoms with E-state index in [9.17, 15) is 0 Å². The van der Waals surface area contributed by atoms with Crippen molar-refractivity contribution in [1.29, 1.82) is 0 Å². The number of benzene rings is 1. The molecule has 0 radical (unpaired) electrons. The first kappa shape index (κ1) is 14.2. The molecule has 0 amide bonds. The van der Waals surface area contributed by atoms with Crippen LogP contribution in [0.1, 0.15) is 39.5 Å². The van der Waals surface area contributed by atoms with E-state index in [1.807, 2.05) is 6.07 Å². The lowest BCUT2D eigenvalue weighted by atomic mass is 9.88. The van der Waals surface area contributed by atoms with Crippen molar-refractivity contribution >= 4 is 17.3 Å². The van der Waals surface area contributed by atoms with Crippen molar-refractivity contribution in [3.63, 3.8) is 0 Å². The van der Waals surface area contributed by atoms with Crippen molar-refractivity contribution in [1.82, 2.24) is 5.32 Å². The predicted octanol–water partition coefficient (Wildman–Crippen LogP) is 4.09. The number of nitrogens with zero attached hydrogens (tertiary/aromatic N) is 1. The molecular formula is C17H25ClN2. The third kappa shape index (κ3) is 2.68. The molecule has 2 aliphatic rings. The zero-order chi connectivity index (χ0) is 14.2. The van der Waals surface area contributed by atoms with Crippen LogP contribution in [-0.2, 0) is 0 Å². The van der Waals surface area contributed by atoms with E-state index in [-0.39, 0.29) is 0 Å². The van der Waals surface area contributed by atoms with E-state index >= 15 is 0 Å². The first-order valence-electron chi connectivity index (χ1n) is 7.87. The zero-order valence-corrected chi connectivity index (χ0v) is 13.3. The lowest BCUT2D eigenvalue weighted by Gasteiger charge is -2.49. The average Bonchev–Trinajstić information content (AvgIpc) is 2.86. The van der Waals surface area contributed by atoms with Crippen molar-refractivity contribution < 1.29 is 0 Å². The monoisotopic (exact) mass is 292 g/mol. The first-order chi connectivity index (χ1) is 9.60. The number of nitrogens with one attached hydrogen (secondary N) is 1.